The minimum absolute atomic E-state index is 0.101. The van der Waals surface area contributed by atoms with Gasteiger partial charge in [0.05, 0.1) is 26.4 Å². The fourth-order valence-corrected chi connectivity index (χ4v) is 3.31. The zero-order chi connectivity index (χ0) is 21.7. The fourth-order valence-electron chi connectivity index (χ4n) is 3.05. The van der Waals surface area contributed by atoms with Crippen LogP contribution in [0.5, 0.6) is 11.5 Å². The van der Waals surface area contributed by atoms with E-state index in [2.05, 4.69) is 29.8 Å². The lowest BCUT2D eigenvalue weighted by Crippen LogP contribution is -2.47. The van der Waals surface area contributed by atoms with Crippen LogP contribution >= 0.6 is 15.9 Å². The molecule has 0 unspecified atom stereocenters. The lowest BCUT2D eigenvalue weighted by atomic mass is 9.76. The number of rotatable bonds is 5. The highest BCUT2D eigenvalue weighted by molar-refractivity contribution is 9.10. The molecule has 6 nitrogen and oxygen atoms in total. The SMILES string of the molecule is Brc1ccc(OC2COC2)cc1.CC1(C)COB(c2ccc(OC3COC3)cc2)OC1. The van der Waals surface area contributed by atoms with E-state index in [1.165, 1.54) is 0 Å². The average Bonchev–Trinajstić information content (AvgIpc) is 2.70. The summed E-state index contributed by atoms with van der Waals surface area (Å²) < 4.78 is 33.9. The fraction of sp³-hybridized carbons (Fsp3) is 0.478. The maximum Gasteiger partial charge on any atom is 0.493 e. The van der Waals surface area contributed by atoms with E-state index in [0.29, 0.717) is 13.2 Å². The summed E-state index contributed by atoms with van der Waals surface area (Å²) in [6, 6.07) is 15.7. The van der Waals surface area contributed by atoms with Crippen LogP contribution in [0.3, 0.4) is 0 Å². The highest BCUT2D eigenvalue weighted by Gasteiger charge is 2.33. The molecule has 0 amide bonds. The normalized spacial score (nSPS) is 20.7. The van der Waals surface area contributed by atoms with E-state index in [-0.39, 0.29) is 24.7 Å². The van der Waals surface area contributed by atoms with Crippen molar-refractivity contribution in [1.29, 1.82) is 0 Å². The maximum absolute atomic E-state index is 5.75. The first-order chi connectivity index (χ1) is 15.0. The van der Waals surface area contributed by atoms with Gasteiger partial charge in [-0.15, -0.1) is 0 Å². The standard InChI is InChI=1S/C14H19BO4.C9H9BrO2/c1-14(2)9-17-15(18-10-14)11-3-5-12(6-4-11)19-13-7-16-8-13;10-7-1-3-8(4-2-7)12-9-5-11-6-9/h3-6,13H,7-10H2,1-2H3;1-4,9H,5-6H2. The molecule has 0 radical (unpaired) electrons. The molecule has 3 fully saturated rings. The van der Waals surface area contributed by atoms with Crippen molar-refractivity contribution in [2.45, 2.75) is 26.1 Å². The Labute approximate surface area is 192 Å². The molecule has 0 bridgehead atoms. The summed E-state index contributed by atoms with van der Waals surface area (Å²) in [6.07, 6.45) is 0.458. The molecule has 0 N–H and O–H groups in total. The molecular weight excluding hydrogens is 463 g/mol. The van der Waals surface area contributed by atoms with Gasteiger partial charge in [0.1, 0.15) is 23.7 Å². The van der Waals surface area contributed by atoms with Crippen molar-refractivity contribution in [3.05, 3.63) is 53.0 Å². The van der Waals surface area contributed by atoms with E-state index in [1.54, 1.807) is 0 Å². The molecule has 3 aliphatic rings. The lowest BCUT2D eigenvalue weighted by molar-refractivity contribution is -0.0796. The van der Waals surface area contributed by atoms with Crippen LogP contribution in [0.15, 0.2) is 53.0 Å². The molecule has 0 saturated carbocycles. The van der Waals surface area contributed by atoms with Gasteiger partial charge in [0.15, 0.2) is 0 Å². The van der Waals surface area contributed by atoms with Gasteiger partial charge in [-0.2, -0.15) is 0 Å². The molecule has 5 rings (SSSR count). The number of hydrogen-bond acceptors (Lipinski definition) is 6. The highest BCUT2D eigenvalue weighted by Crippen LogP contribution is 2.22. The summed E-state index contributed by atoms with van der Waals surface area (Å²) in [4.78, 5) is 0. The molecule has 0 spiro atoms. The van der Waals surface area contributed by atoms with Crippen LogP contribution in [-0.4, -0.2) is 59.0 Å². The molecule has 3 saturated heterocycles. The summed E-state index contributed by atoms with van der Waals surface area (Å²) in [5, 5.41) is 0. The van der Waals surface area contributed by atoms with Gasteiger partial charge in [-0.05, 0) is 41.9 Å². The summed E-state index contributed by atoms with van der Waals surface area (Å²) in [7, 11) is -0.255. The topological polar surface area (TPSA) is 55.4 Å². The Morgan fingerprint density at radius 3 is 1.65 bits per heavy atom. The van der Waals surface area contributed by atoms with Crippen molar-refractivity contribution in [2.75, 3.05) is 39.6 Å². The Morgan fingerprint density at radius 2 is 1.23 bits per heavy atom. The van der Waals surface area contributed by atoms with Crippen LogP contribution in [-0.2, 0) is 18.8 Å². The first-order valence-electron chi connectivity index (χ1n) is 10.5. The third-order valence-corrected chi connectivity index (χ3v) is 5.57. The third kappa shape index (κ3) is 6.70. The predicted octanol–water partition coefficient (Wildman–Crippen LogP) is 3.46. The van der Waals surface area contributed by atoms with Crippen molar-refractivity contribution in [3.8, 4) is 11.5 Å². The zero-order valence-electron chi connectivity index (χ0n) is 17.9. The smallest absolute Gasteiger partial charge is 0.486 e. The van der Waals surface area contributed by atoms with Gasteiger partial charge in [0.25, 0.3) is 0 Å². The molecule has 0 aromatic heterocycles. The Morgan fingerprint density at radius 1 is 0.774 bits per heavy atom. The van der Waals surface area contributed by atoms with E-state index < -0.39 is 0 Å². The Kier molecular flexibility index (Phi) is 7.56. The van der Waals surface area contributed by atoms with E-state index in [1.807, 2.05) is 48.5 Å². The maximum atomic E-state index is 5.75. The molecule has 2 aromatic carbocycles. The molecule has 166 valence electrons. The van der Waals surface area contributed by atoms with Gasteiger partial charge in [-0.25, -0.2) is 0 Å². The van der Waals surface area contributed by atoms with Crippen LogP contribution < -0.4 is 14.9 Å². The lowest BCUT2D eigenvalue weighted by Gasteiger charge is -2.33. The number of ether oxygens (including phenoxy) is 4. The van der Waals surface area contributed by atoms with E-state index >= 15 is 0 Å². The summed E-state index contributed by atoms with van der Waals surface area (Å²) in [5.41, 5.74) is 1.14. The van der Waals surface area contributed by atoms with Crippen molar-refractivity contribution in [2.24, 2.45) is 5.41 Å². The van der Waals surface area contributed by atoms with Gasteiger partial charge in [-0.3, -0.25) is 0 Å². The second kappa shape index (κ2) is 10.4. The van der Waals surface area contributed by atoms with Crippen LogP contribution in [0.2, 0.25) is 0 Å². The van der Waals surface area contributed by atoms with Crippen molar-refractivity contribution >= 4 is 28.5 Å². The average molecular weight is 491 g/mol. The second-order valence-electron chi connectivity index (χ2n) is 8.70. The number of halogens is 1. The van der Waals surface area contributed by atoms with Gasteiger partial charge in [0.2, 0.25) is 0 Å². The van der Waals surface area contributed by atoms with E-state index in [4.69, 9.17) is 28.3 Å². The monoisotopic (exact) mass is 490 g/mol. The molecule has 31 heavy (non-hydrogen) atoms. The van der Waals surface area contributed by atoms with Crippen molar-refractivity contribution in [1.82, 2.24) is 0 Å². The van der Waals surface area contributed by atoms with Gasteiger partial charge in [0, 0.05) is 23.1 Å². The van der Waals surface area contributed by atoms with Crippen LogP contribution in [0.25, 0.3) is 0 Å². The van der Waals surface area contributed by atoms with Gasteiger partial charge >= 0.3 is 7.12 Å². The van der Waals surface area contributed by atoms with E-state index in [9.17, 15) is 0 Å². The van der Waals surface area contributed by atoms with Crippen LogP contribution in [0.4, 0.5) is 0 Å². The molecular formula is C23H28BBrO6. The molecule has 2 aromatic rings. The largest absolute Gasteiger partial charge is 0.493 e. The first kappa shape index (κ1) is 22.6. The molecule has 3 aliphatic heterocycles. The van der Waals surface area contributed by atoms with E-state index in [0.717, 1.165) is 47.9 Å². The predicted molar refractivity (Wildman–Crippen MR) is 122 cm³/mol. The Balaban J connectivity index is 0.000000166. The van der Waals surface area contributed by atoms with Crippen LogP contribution in [0.1, 0.15) is 13.8 Å². The van der Waals surface area contributed by atoms with Crippen LogP contribution in [0, 0.1) is 5.41 Å². The van der Waals surface area contributed by atoms with Crippen molar-refractivity contribution < 1.29 is 28.3 Å². The quantitative estimate of drug-likeness (QED) is 0.598. The minimum atomic E-state index is -0.255. The summed E-state index contributed by atoms with van der Waals surface area (Å²) in [6.45, 7) is 8.52. The summed E-state index contributed by atoms with van der Waals surface area (Å²) in [5.74, 6) is 1.78. The second-order valence-corrected chi connectivity index (χ2v) is 9.61. The first-order valence-corrected chi connectivity index (χ1v) is 11.3. The Hall–Kier alpha value is -1.58. The van der Waals surface area contributed by atoms with Gasteiger partial charge < -0.3 is 28.3 Å². The summed E-state index contributed by atoms with van der Waals surface area (Å²) >= 11 is 3.36. The molecule has 3 heterocycles. The molecule has 0 aliphatic carbocycles. The third-order valence-electron chi connectivity index (χ3n) is 5.04. The highest BCUT2D eigenvalue weighted by atomic mass is 79.9. The zero-order valence-corrected chi connectivity index (χ0v) is 19.5. The number of hydrogen-bond donors (Lipinski definition) is 0. The van der Waals surface area contributed by atoms with Crippen molar-refractivity contribution in [3.63, 3.8) is 0 Å². The number of benzene rings is 2. The minimum Gasteiger partial charge on any atom is -0.486 e. The molecule has 8 heteroatoms. The molecule has 0 atom stereocenters. The van der Waals surface area contributed by atoms with Gasteiger partial charge in [-0.1, -0.05) is 41.9 Å². The Bertz CT molecular complexity index is 811.